The largest absolute Gasteiger partial charge is 0.468 e. The summed E-state index contributed by atoms with van der Waals surface area (Å²) >= 11 is -1.63. The fourth-order valence-corrected chi connectivity index (χ4v) is 4.48. The average molecular weight is 266 g/mol. The van der Waals surface area contributed by atoms with Gasteiger partial charge >= 0.3 is 5.97 Å². The third-order valence-electron chi connectivity index (χ3n) is 2.34. The predicted octanol–water partition coefficient (Wildman–Crippen LogP) is 2.23. The average Bonchev–Trinajstić information content (AvgIpc) is 2.17. The van der Waals surface area contributed by atoms with E-state index in [9.17, 15) is 9.00 Å². The predicted molar refractivity (Wildman–Crippen MR) is 67.9 cm³/mol. The lowest BCUT2D eigenvalue weighted by Gasteiger charge is -2.29. The molecule has 6 heteroatoms. The molecule has 0 aliphatic heterocycles. The Bertz CT molecular complexity index is 268. The molecule has 0 amide bonds. The molecular formula is C10H22O4SSi. The van der Waals surface area contributed by atoms with Crippen LogP contribution in [-0.4, -0.2) is 30.4 Å². The molecule has 0 saturated carbocycles. The van der Waals surface area contributed by atoms with Crippen molar-refractivity contribution in [1.29, 1.82) is 0 Å². The highest BCUT2D eigenvalue weighted by Gasteiger charge is 2.45. The molecule has 0 radical (unpaired) electrons. The first-order valence-corrected chi connectivity index (χ1v) is 9.91. The quantitative estimate of drug-likeness (QED) is 0.546. The maximum atomic E-state index is 12.2. The first kappa shape index (κ1) is 15.8. The molecule has 0 spiro atoms. The fourth-order valence-electron chi connectivity index (χ4n) is 1.34. The Morgan fingerprint density at radius 2 is 1.69 bits per heavy atom. The summed E-state index contributed by atoms with van der Waals surface area (Å²) in [6.07, 6.45) is 0.903. The lowest BCUT2D eigenvalue weighted by Crippen LogP contribution is -2.46. The van der Waals surface area contributed by atoms with E-state index in [4.69, 9.17) is 8.61 Å². The number of carbonyl (C=O) groups excluding carboxylic acids is 1. The monoisotopic (exact) mass is 266 g/mol. The van der Waals surface area contributed by atoms with Crippen LogP contribution in [0, 0.1) is 0 Å². The Morgan fingerprint density at radius 3 is 1.94 bits per heavy atom. The summed E-state index contributed by atoms with van der Waals surface area (Å²) in [5.74, 6) is -0.450. The van der Waals surface area contributed by atoms with Gasteiger partial charge in [0.25, 0.3) is 0 Å². The van der Waals surface area contributed by atoms with E-state index in [0.29, 0.717) is 12.8 Å². The molecule has 1 atom stereocenters. The number of ether oxygens (including phenoxy) is 1. The summed E-state index contributed by atoms with van der Waals surface area (Å²) in [6, 6.07) is 0. The van der Waals surface area contributed by atoms with Gasteiger partial charge in [0.15, 0.2) is 15.8 Å². The van der Waals surface area contributed by atoms with Crippen LogP contribution in [-0.2, 0) is 24.5 Å². The van der Waals surface area contributed by atoms with Crippen LogP contribution in [0.3, 0.4) is 0 Å². The number of hydrogen-bond acceptors (Lipinski definition) is 4. The summed E-state index contributed by atoms with van der Waals surface area (Å²) in [5.41, 5.74) is 0. The molecule has 16 heavy (non-hydrogen) atoms. The molecule has 0 aromatic carbocycles. The number of esters is 1. The molecular weight excluding hydrogens is 244 g/mol. The highest BCUT2D eigenvalue weighted by Crippen LogP contribution is 2.27. The van der Waals surface area contributed by atoms with Gasteiger partial charge < -0.3 is 8.61 Å². The zero-order chi connectivity index (χ0) is 13.0. The van der Waals surface area contributed by atoms with Crippen molar-refractivity contribution in [1.82, 2.24) is 0 Å². The van der Waals surface area contributed by atoms with Crippen LogP contribution >= 0.6 is 0 Å². The molecule has 1 unspecified atom stereocenters. The van der Waals surface area contributed by atoms with E-state index in [0.717, 1.165) is 0 Å². The molecule has 0 heterocycles. The Balaban J connectivity index is 5.05. The van der Waals surface area contributed by atoms with Gasteiger partial charge in [0.05, 0.1) is 7.11 Å². The third kappa shape index (κ3) is 3.67. The molecule has 0 aromatic rings. The molecule has 0 aliphatic carbocycles. The van der Waals surface area contributed by atoms with Gasteiger partial charge in [0.1, 0.15) is 0 Å². The summed E-state index contributed by atoms with van der Waals surface area (Å²) in [6.45, 7) is 9.48. The second-order valence-electron chi connectivity index (χ2n) is 4.62. The zero-order valence-electron chi connectivity index (χ0n) is 11.0. The van der Waals surface area contributed by atoms with Crippen LogP contribution in [0.1, 0.15) is 26.7 Å². The minimum atomic E-state index is -1.93. The van der Waals surface area contributed by atoms with Gasteiger partial charge in [-0.3, -0.25) is 4.79 Å². The van der Waals surface area contributed by atoms with Crippen molar-refractivity contribution in [2.24, 2.45) is 0 Å². The van der Waals surface area contributed by atoms with E-state index in [1.165, 1.54) is 7.11 Å². The van der Waals surface area contributed by atoms with Crippen LogP contribution in [0.15, 0.2) is 0 Å². The van der Waals surface area contributed by atoms with Crippen molar-refractivity contribution in [3.05, 3.63) is 0 Å². The Hall–Kier alpha value is -0.203. The highest BCUT2D eigenvalue weighted by molar-refractivity contribution is 7.83. The number of carbonyl (C=O) groups is 1. The van der Waals surface area contributed by atoms with Crippen LogP contribution in [0.25, 0.3) is 0 Å². The van der Waals surface area contributed by atoms with E-state index >= 15 is 0 Å². The van der Waals surface area contributed by atoms with Gasteiger partial charge in [-0.15, -0.1) is 0 Å². The molecule has 0 bridgehead atoms. The normalized spacial score (nSPS) is 14.6. The fraction of sp³-hybridized carbons (Fsp3) is 0.900. The van der Waals surface area contributed by atoms with Crippen LogP contribution in [0.2, 0.25) is 19.6 Å². The van der Waals surface area contributed by atoms with Crippen molar-refractivity contribution in [2.75, 3.05) is 7.11 Å². The Labute approximate surface area is 101 Å². The minimum Gasteiger partial charge on any atom is -0.468 e. The summed E-state index contributed by atoms with van der Waals surface area (Å²) in [4.78, 5) is 11.7. The van der Waals surface area contributed by atoms with E-state index in [1.54, 1.807) is 0 Å². The molecule has 0 saturated heterocycles. The smallest absolute Gasteiger partial charge is 0.326 e. The van der Waals surface area contributed by atoms with Gasteiger partial charge in [-0.2, -0.15) is 0 Å². The van der Waals surface area contributed by atoms with E-state index in [-0.39, 0.29) is 0 Å². The molecule has 0 fully saturated rings. The van der Waals surface area contributed by atoms with Crippen molar-refractivity contribution >= 4 is 25.4 Å². The SMILES string of the molecule is CCC(CC)(C(=O)OC)S(=O)O[Si](C)(C)C. The van der Waals surface area contributed by atoms with E-state index in [2.05, 4.69) is 0 Å². The molecule has 0 rings (SSSR count). The second-order valence-corrected chi connectivity index (χ2v) is 10.8. The minimum absolute atomic E-state index is 0.450. The van der Waals surface area contributed by atoms with Crippen LogP contribution in [0.4, 0.5) is 0 Å². The number of hydrogen-bond donors (Lipinski definition) is 0. The molecule has 0 aliphatic rings. The van der Waals surface area contributed by atoms with E-state index < -0.39 is 30.1 Å². The first-order chi connectivity index (χ1) is 7.23. The van der Waals surface area contributed by atoms with Crippen molar-refractivity contribution in [3.63, 3.8) is 0 Å². The lowest BCUT2D eigenvalue weighted by atomic mass is 10.0. The molecule has 4 nitrogen and oxygen atoms in total. The maximum Gasteiger partial charge on any atom is 0.326 e. The highest BCUT2D eigenvalue weighted by atomic mass is 32.2. The van der Waals surface area contributed by atoms with Crippen LogP contribution in [0.5, 0.6) is 0 Å². The Kier molecular flexibility index (Phi) is 5.85. The summed E-state index contributed by atoms with van der Waals surface area (Å²) in [7, 11) is -0.616. The van der Waals surface area contributed by atoms with Crippen molar-refractivity contribution in [3.8, 4) is 0 Å². The standard InChI is InChI=1S/C10H22O4SSi/c1-7-10(8-2,9(11)13-3)15(12)14-16(4,5)6/h7-8H2,1-6H3. The van der Waals surface area contributed by atoms with Gasteiger partial charge in [-0.05, 0) is 32.5 Å². The van der Waals surface area contributed by atoms with Crippen LogP contribution < -0.4 is 0 Å². The second kappa shape index (κ2) is 5.93. The number of rotatable bonds is 6. The Morgan fingerprint density at radius 1 is 1.25 bits per heavy atom. The molecule has 96 valence electrons. The molecule has 0 N–H and O–H groups in total. The van der Waals surface area contributed by atoms with E-state index in [1.807, 2.05) is 33.5 Å². The van der Waals surface area contributed by atoms with Gasteiger partial charge in [0.2, 0.25) is 8.32 Å². The van der Waals surface area contributed by atoms with Gasteiger partial charge in [-0.1, -0.05) is 13.8 Å². The van der Waals surface area contributed by atoms with Gasteiger partial charge in [0, 0.05) is 0 Å². The maximum absolute atomic E-state index is 12.2. The van der Waals surface area contributed by atoms with Gasteiger partial charge in [-0.25, -0.2) is 4.21 Å². The topological polar surface area (TPSA) is 52.6 Å². The summed E-state index contributed by atoms with van der Waals surface area (Å²) < 4.78 is 21.4. The number of methoxy groups -OCH3 is 1. The third-order valence-corrected chi connectivity index (χ3v) is 6.33. The molecule has 0 aromatic heterocycles. The van der Waals surface area contributed by atoms with Crippen molar-refractivity contribution in [2.45, 2.75) is 51.1 Å². The lowest BCUT2D eigenvalue weighted by molar-refractivity contribution is -0.144. The summed E-state index contributed by atoms with van der Waals surface area (Å²) in [5, 5.41) is 0. The zero-order valence-corrected chi connectivity index (χ0v) is 12.8. The first-order valence-electron chi connectivity index (χ1n) is 5.43. The van der Waals surface area contributed by atoms with Crippen molar-refractivity contribution < 1.29 is 17.6 Å².